The molecule has 0 saturated carbocycles. The van der Waals surface area contributed by atoms with Crippen molar-refractivity contribution in [2.24, 2.45) is 5.73 Å². The fourth-order valence-corrected chi connectivity index (χ4v) is 2.76. The second kappa shape index (κ2) is 8.02. The number of rotatable bonds is 6. The molecule has 0 amide bonds. The van der Waals surface area contributed by atoms with Crippen molar-refractivity contribution in [1.82, 2.24) is 4.72 Å². The third-order valence-corrected chi connectivity index (χ3v) is 4.15. The van der Waals surface area contributed by atoms with Gasteiger partial charge in [-0.2, -0.15) is 0 Å². The summed E-state index contributed by atoms with van der Waals surface area (Å²) >= 11 is 5.68. The first-order chi connectivity index (χ1) is 9.63. The van der Waals surface area contributed by atoms with E-state index in [1.54, 1.807) is 4.72 Å². The summed E-state index contributed by atoms with van der Waals surface area (Å²) in [6.45, 7) is -2.20. The van der Waals surface area contributed by atoms with Gasteiger partial charge in [-0.25, -0.2) is 26.7 Å². The molecule has 3 N–H and O–H groups in total. The standard InChI is InChI=1S/C11H13ClF2N2O4S.ClH/c1-20-10(17)8-4-7(12)2-3-9(8)21(18,19)16-6-11(13,14)5-15;/h2-4,16H,5-6,15H2,1H3;1H. The second-order valence-electron chi connectivity index (χ2n) is 4.02. The predicted molar refractivity (Wildman–Crippen MR) is 79.2 cm³/mol. The smallest absolute Gasteiger partial charge is 0.339 e. The Morgan fingerprint density at radius 1 is 1.45 bits per heavy atom. The van der Waals surface area contributed by atoms with Crippen LogP contribution < -0.4 is 10.5 Å². The van der Waals surface area contributed by atoms with Crippen molar-refractivity contribution in [3.63, 3.8) is 0 Å². The molecule has 0 fully saturated rings. The molecule has 0 aliphatic heterocycles. The molecule has 1 aromatic carbocycles. The van der Waals surface area contributed by atoms with Gasteiger partial charge in [-0.3, -0.25) is 0 Å². The van der Waals surface area contributed by atoms with Crippen molar-refractivity contribution in [2.45, 2.75) is 10.8 Å². The fourth-order valence-electron chi connectivity index (χ4n) is 1.36. The van der Waals surface area contributed by atoms with Crippen molar-refractivity contribution in [3.8, 4) is 0 Å². The Kier molecular flexibility index (Phi) is 7.66. The average Bonchev–Trinajstić information content (AvgIpc) is 2.44. The van der Waals surface area contributed by atoms with Crippen molar-refractivity contribution in [3.05, 3.63) is 28.8 Å². The van der Waals surface area contributed by atoms with E-state index in [4.69, 9.17) is 17.3 Å². The number of hydrogen-bond donors (Lipinski definition) is 2. The number of carbonyl (C=O) groups is 1. The molecule has 126 valence electrons. The third-order valence-electron chi connectivity index (χ3n) is 2.46. The second-order valence-corrected chi connectivity index (χ2v) is 6.19. The monoisotopic (exact) mass is 378 g/mol. The van der Waals surface area contributed by atoms with Crippen molar-refractivity contribution in [2.75, 3.05) is 20.2 Å². The number of hydrogen-bond acceptors (Lipinski definition) is 5. The summed E-state index contributed by atoms with van der Waals surface area (Å²) in [4.78, 5) is 11.0. The van der Waals surface area contributed by atoms with E-state index in [2.05, 4.69) is 4.74 Å². The van der Waals surface area contributed by atoms with Crippen LogP contribution >= 0.6 is 24.0 Å². The molecule has 0 unspecified atom stereocenters. The topological polar surface area (TPSA) is 98.5 Å². The highest BCUT2D eigenvalue weighted by Crippen LogP contribution is 2.22. The Morgan fingerprint density at radius 3 is 2.55 bits per heavy atom. The molecule has 11 heteroatoms. The molecule has 0 aliphatic carbocycles. The number of alkyl halides is 2. The van der Waals surface area contributed by atoms with Crippen LogP contribution in [0.1, 0.15) is 10.4 Å². The molecule has 0 heterocycles. The number of esters is 1. The van der Waals surface area contributed by atoms with E-state index in [1.165, 1.54) is 6.07 Å². The minimum absolute atomic E-state index is 0. The van der Waals surface area contributed by atoms with E-state index in [-0.39, 0.29) is 23.0 Å². The van der Waals surface area contributed by atoms with Gasteiger partial charge in [0.05, 0.1) is 30.7 Å². The zero-order valence-corrected chi connectivity index (χ0v) is 13.7. The molecule has 0 saturated heterocycles. The van der Waals surface area contributed by atoms with Crippen LogP contribution in [0.15, 0.2) is 23.1 Å². The quantitative estimate of drug-likeness (QED) is 0.729. The maximum atomic E-state index is 13.0. The summed E-state index contributed by atoms with van der Waals surface area (Å²) in [6.07, 6.45) is 0. The van der Waals surface area contributed by atoms with Gasteiger partial charge >= 0.3 is 5.97 Å². The van der Waals surface area contributed by atoms with Crippen molar-refractivity contribution in [1.29, 1.82) is 0 Å². The Balaban J connectivity index is 0.00000441. The molecule has 0 aromatic heterocycles. The molecule has 1 rings (SSSR count). The molecular weight excluding hydrogens is 365 g/mol. The Morgan fingerprint density at radius 2 is 2.05 bits per heavy atom. The Labute approximate surface area is 137 Å². The highest BCUT2D eigenvalue weighted by Gasteiger charge is 2.31. The Bertz CT molecular complexity index is 641. The van der Waals surface area contributed by atoms with E-state index in [1.807, 2.05) is 0 Å². The predicted octanol–water partition coefficient (Wildman–Crippen LogP) is 1.42. The van der Waals surface area contributed by atoms with Crippen LogP contribution in [0.25, 0.3) is 0 Å². The molecule has 0 radical (unpaired) electrons. The largest absolute Gasteiger partial charge is 0.465 e. The minimum atomic E-state index is -4.35. The van der Waals surface area contributed by atoms with E-state index in [9.17, 15) is 22.0 Å². The van der Waals surface area contributed by atoms with E-state index in [0.717, 1.165) is 19.2 Å². The summed E-state index contributed by atoms with van der Waals surface area (Å²) in [5.74, 6) is -4.35. The summed E-state index contributed by atoms with van der Waals surface area (Å²) in [5, 5.41) is 0.0987. The van der Waals surface area contributed by atoms with Crippen LogP contribution in [0, 0.1) is 0 Å². The number of halogens is 4. The number of ether oxygens (including phenoxy) is 1. The number of nitrogens with two attached hydrogens (primary N) is 1. The van der Waals surface area contributed by atoms with E-state index < -0.39 is 39.9 Å². The van der Waals surface area contributed by atoms with Gasteiger partial charge in [-0.05, 0) is 18.2 Å². The highest BCUT2D eigenvalue weighted by molar-refractivity contribution is 7.89. The summed E-state index contributed by atoms with van der Waals surface area (Å²) in [7, 11) is -3.30. The lowest BCUT2D eigenvalue weighted by molar-refractivity contribution is 0.0170. The normalized spacial score (nSPS) is 11.7. The van der Waals surface area contributed by atoms with Crippen molar-refractivity contribution < 1.29 is 26.7 Å². The number of nitrogens with one attached hydrogen (secondary N) is 1. The van der Waals surface area contributed by atoms with Crippen LogP contribution in [0.5, 0.6) is 0 Å². The lowest BCUT2D eigenvalue weighted by Gasteiger charge is -2.16. The summed E-state index contributed by atoms with van der Waals surface area (Å²) < 4.78 is 56.2. The molecule has 0 spiro atoms. The molecule has 0 bridgehead atoms. The maximum Gasteiger partial charge on any atom is 0.339 e. The SMILES string of the molecule is COC(=O)c1cc(Cl)ccc1S(=O)(=O)NCC(F)(F)CN.Cl. The first-order valence-corrected chi connectivity index (χ1v) is 7.44. The lowest BCUT2D eigenvalue weighted by atomic mass is 10.2. The highest BCUT2D eigenvalue weighted by atomic mass is 35.5. The molecule has 6 nitrogen and oxygen atoms in total. The van der Waals surface area contributed by atoms with Gasteiger partial charge in [0, 0.05) is 5.02 Å². The van der Waals surface area contributed by atoms with Gasteiger partial charge in [0.15, 0.2) is 0 Å². The van der Waals surface area contributed by atoms with E-state index in [0.29, 0.717) is 0 Å². The summed E-state index contributed by atoms with van der Waals surface area (Å²) in [6, 6.07) is 3.31. The number of sulfonamides is 1. The number of methoxy groups -OCH3 is 1. The van der Waals surface area contributed by atoms with Gasteiger partial charge < -0.3 is 10.5 Å². The lowest BCUT2D eigenvalue weighted by Crippen LogP contribution is -2.41. The first-order valence-electron chi connectivity index (χ1n) is 5.58. The number of carbonyl (C=O) groups excluding carboxylic acids is 1. The van der Waals surface area contributed by atoms with Gasteiger partial charge in [-0.1, -0.05) is 11.6 Å². The average molecular weight is 379 g/mol. The van der Waals surface area contributed by atoms with Gasteiger partial charge in [0.1, 0.15) is 0 Å². The minimum Gasteiger partial charge on any atom is -0.465 e. The van der Waals surface area contributed by atoms with Gasteiger partial charge in [-0.15, -0.1) is 12.4 Å². The molecule has 0 atom stereocenters. The molecule has 22 heavy (non-hydrogen) atoms. The number of benzene rings is 1. The Hall–Kier alpha value is -1.00. The van der Waals surface area contributed by atoms with E-state index >= 15 is 0 Å². The third kappa shape index (κ3) is 5.33. The first kappa shape index (κ1) is 21.0. The van der Waals surface area contributed by atoms with Crippen LogP contribution in [-0.2, 0) is 14.8 Å². The fraction of sp³-hybridized carbons (Fsp3) is 0.364. The van der Waals surface area contributed by atoms with Crippen molar-refractivity contribution >= 4 is 40.0 Å². The van der Waals surface area contributed by atoms with Gasteiger partial charge in [0.2, 0.25) is 10.0 Å². The maximum absolute atomic E-state index is 13.0. The molecular formula is C11H14Cl2F2N2O4S. The molecule has 1 aromatic rings. The summed E-state index contributed by atoms with van der Waals surface area (Å²) in [5.41, 5.74) is 4.46. The van der Waals surface area contributed by atoms with Crippen LogP contribution in [-0.4, -0.2) is 40.5 Å². The van der Waals surface area contributed by atoms with Crippen LogP contribution in [0.3, 0.4) is 0 Å². The zero-order valence-electron chi connectivity index (χ0n) is 11.3. The van der Waals surface area contributed by atoms with Crippen LogP contribution in [0.2, 0.25) is 5.02 Å². The zero-order chi connectivity index (χ0) is 16.3. The molecule has 0 aliphatic rings. The van der Waals surface area contributed by atoms with Crippen LogP contribution in [0.4, 0.5) is 8.78 Å². The van der Waals surface area contributed by atoms with Gasteiger partial charge in [0.25, 0.3) is 5.92 Å².